The van der Waals surface area contributed by atoms with E-state index in [0.717, 1.165) is 0 Å². The number of halogens is 2. The van der Waals surface area contributed by atoms with E-state index in [1.807, 2.05) is 0 Å². The highest BCUT2D eigenvalue weighted by atomic mass is 35.5. The molecule has 1 rings (SSSR count). The lowest BCUT2D eigenvalue weighted by molar-refractivity contribution is -0.120. The molecule has 3 N–H and O–H groups in total. The molecule has 1 fully saturated rings. The SMILES string of the molecule is Cl.NC1CC(CF)NC1=O. The molecule has 1 aliphatic heterocycles. The lowest BCUT2D eigenvalue weighted by Crippen LogP contribution is -2.31. The van der Waals surface area contributed by atoms with Gasteiger partial charge in [-0.15, -0.1) is 12.4 Å². The van der Waals surface area contributed by atoms with Gasteiger partial charge in [-0.3, -0.25) is 4.79 Å². The standard InChI is InChI=1S/C5H9FN2O.ClH/c6-2-3-1-4(7)5(9)8-3;/h3-4H,1-2,7H2,(H,8,9);1H. The average molecular weight is 169 g/mol. The summed E-state index contributed by atoms with van der Waals surface area (Å²) in [5.74, 6) is -0.238. The van der Waals surface area contributed by atoms with Crippen molar-refractivity contribution in [2.24, 2.45) is 5.73 Å². The van der Waals surface area contributed by atoms with E-state index in [4.69, 9.17) is 5.73 Å². The van der Waals surface area contributed by atoms with Crippen LogP contribution in [0.25, 0.3) is 0 Å². The minimum atomic E-state index is -0.514. The minimum Gasteiger partial charge on any atom is -0.349 e. The minimum absolute atomic E-state index is 0. The summed E-state index contributed by atoms with van der Waals surface area (Å²) >= 11 is 0. The lowest BCUT2D eigenvalue weighted by Gasteiger charge is -1.99. The van der Waals surface area contributed by atoms with E-state index in [0.29, 0.717) is 6.42 Å². The first-order valence-corrected chi connectivity index (χ1v) is 2.86. The second kappa shape index (κ2) is 3.73. The molecule has 0 aliphatic carbocycles. The molecule has 60 valence electrons. The summed E-state index contributed by atoms with van der Waals surface area (Å²) in [7, 11) is 0. The van der Waals surface area contributed by atoms with Crippen molar-refractivity contribution in [1.82, 2.24) is 5.32 Å². The first-order valence-electron chi connectivity index (χ1n) is 2.86. The highest BCUT2D eigenvalue weighted by molar-refractivity contribution is 5.85. The van der Waals surface area contributed by atoms with E-state index in [1.165, 1.54) is 0 Å². The highest BCUT2D eigenvalue weighted by Gasteiger charge is 2.28. The van der Waals surface area contributed by atoms with Gasteiger partial charge in [0.25, 0.3) is 0 Å². The Bertz CT molecular complexity index is 133. The summed E-state index contributed by atoms with van der Waals surface area (Å²) in [6.45, 7) is -0.514. The monoisotopic (exact) mass is 168 g/mol. The fraction of sp³-hybridized carbons (Fsp3) is 0.800. The van der Waals surface area contributed by atoms with Crippen LogP contribution in [0.2, 0.25) is 0 Å². The molecule has 10 heavy (non-hydrogen) atoms. The lowest BCUT2D eigenvalue weighted by atomic mass is 10.2. The molecule has 1 heterocycles. The molecule has 2 unspecified atom stereocenters. The van der Waals surface area contributed by atoms with E-state index in [-0.39, 0.29) is 24.4 Å². The van der Waals surface area contributed by atoms with Gasteiger partial charge in [0.15, 0.2) is 0 Å². The zero-order valence-corrected chi connectivity index (χ0v) is 6.16. The molecule has 3 nitrogen and oxygen atoms in total. The Morgan fingerprint density at radius 2 is 2.40 bits per heavy atom. The molecule has 0 saturated carbocycles. The van der Waals surface area contributed by atoms with Crippen LogP contribution in [0.5, 0.6) is 0 Å². The molecule has 5 heteroatoms. The quantitative estimate of drug-likeness (QED) is 0.560. The third-order valence-corrected chi connectivity index (χ3v) is 1.41. The normalized spacial score (nSPS) is 31.2. The zero-order valence-electron chi connectivity index (χ0n) is 5.34. The van der Waals surface area contributed by atoms with Crippen molar-refractivity contribution >= 4 is 18.3 Å². The summed E-state index contributed by atoms with van der Waals surface area (Å²) in [6, 6.07) is -0.835. The number of hydrogen-bond acceptors (Lipinski definition) is 2. The van der Waals surface area contributed by atoms with E-state index in [2.05, 4.69) is 5.32 Å². The molecule has 1 amide bonds. The first-order chi connectivity index (χ1) is 4.24. The topological polar surface area (TPSA) is 55.1 Å². The van der Waals surface area contributed by atoms with Gasteiger partial charge in [-0.1, -0.05) is 0 Å². The van der Waals surface area contributed by atoms with E-state index in [1.54, 1.807) is 0 Å². The number of amides is 1. The highest BCUT2D eigenvalue weighted by Crippen LogP contribution is 2.05. The van der Waals surface area contributed by atoms with Crippen LogP contribution >= 0.6 is 12.4 Å². The maximum absolute atomic E-state index is 11.8. The number of rotatable bonds is 1. The van der Waals surface area contributed by atoms with Crippen LogP contribution in [-0.4, -0.2) is 24.7 Å². The van der Waals surface area contributed by atoms with Gasteiger partial charge in [0.1, 0.15) is 6.67 Å². The van der Waals surface area contributed by atoms with Crippen LogP contribution in [0.3, 0.4) is 0 Å². The molecule has 0 aromatic carbocycles. The molecule has 0 bridgehead atoms. The van der Waals surface area contributed by atoms with Gasteiger partial charge in [0.2, 0.25) is 5.91 Å². The van der Waals surface area contributed by atoms with Crippen LogP contribution in [0, 0.1) is 0 Å². The number of alkyl halides is 1. The van der Waals surface area contributed by atoms with Crippen molar-refractivity contribution in [3.8, 4) is 0 Å². The van der Waals surface area contributed by atoms with Crippen LogP contribution < -0.4 is 11.1 Å². The number of nitrogens with one attached hydrogen (secondary N) is 1. The summed E-state index contributed by atoms with van der Waals surface area (Å²) in [5.41, 5.74) is 5.27. The smallest absolute Gasteiger partial charge is 0.237 e. The van der Waals surface area contributed by atoms with Crippen molar-refractivity contribution in [3.63, 3.8) is 0 Å². The Balaban J connectivity index is 0.000000810. The van der Waals surface area contributed by atoms with Gasteiger partial charge in [-0.05, 0) is 6.42 Å². The Labute approximate surface area is 64.6 Å². The number of nitrogens with two attached hydrogens (primary N) is 1. The molecule has 0 radical (unpaired) electrons. The third-order valence-electron chi connectivity index (χ3n) is 1.41. The van der Waals surface area contributed by atoms with E-state index < -0.39 is 12.7 Å². The molecule has 1 saturated heterocycles. The van der Waals surface area contributed by atoms with Gasteiger partial charge >= 0.3 is 0 Å². The molecule has 0 aromatic rings. The molecule has 2 atom stereocenters. The predicted molar refractivity (Wildman–Crippen MR) is 37.7 cm³/mol. The molecule has 0 aromatic heterocycles. The predicted octanol–water partition coefficient (Wildman–Crippen LogP) is -0.407. The van der Waals surface area contributed by atoms with Crippen LogP contribution in [-0.2, 0) is 4.79 Å². The number of carbonyl (C=O) groups excluding carboxylic acids is 1. The Hall–Kier alpha value is -0.350. The second-order valence-electron chi connectivity index (χ2n) is 2.20. The summed E-state index contributed by atoms with van der Waals surface area (Å²) < 4.78 is 11.8. The van der Waals surface area contributed by atoms with Gasteiger partial charge in [0, 0.05) is 0 Å². The van der Waals surface area contributed by atoms with Crippen LogP contribution in [0.1, 0.15) is 6.42 Å². The summed E-state index contributed by atoms with van der Waals surface area (Å²) in [4.78, 5) is 10.5. The maximum Gasteiger partial charge on any atom is 0.237 e. The van der Waals surface area contributed by atoms with Crippen molar-refractivity contribution < 1.29 is 9.18 Å². The number of carbonyl (C=O) groups is 1. The van der Waals surface area contributed by atoms with Crippen molar-refractivity contribution in [3.05, 3.63) is 0 Å². The fourth-order valence-electron chi connectivity index (χ4n) is 0.882. The average Bonchev–Trinajstić information content (AvgIpc) is 2.13. The van der Waals surface area contributed by atoms with Gasteiger partial charge < -0.3 is 11.1 Å². The maximum atomic E-state index is 11.8. The van der Waals surface area contributed by atoms with Gasteiger partial charge in [-0.25, -0.2) is 4.39 Å². The second-order valence-corrected chi connectivity index (χ2v) is 2.20. The fourth-order valence-corrected chi connectivity index (χ4v) is 0.882. The first kappa shape index (κ1) is 9.65. The van der Waals surface area contributed by atoms with E-state index >= 15 is 0 Å². The molecule has 0 spiro atoms. The molecular weight excluding hydrogens is 159 g/mol. The van der Waals surface area contributed by atoms with Crippen molar-refractivity contribution in [2.45, 2.75) is 18.5 Å². The van der Waals surface area contributed by atoms with Gasteiger partial charge in [-0.2, -0.15) is 0 Å². The summed E-state index contributed by atoms with van der Waals surface area (Å²) in [5, 5.41) is 2.41. The Morgan fingerprint density at radius 1 is 1.80 bits per heavy atom. The van der Waals surface area contributed by atoms with Crippen LogP contribution in [0.4, 0.5) is 4.39 Å². The van der Waals surface area contributed by atoms with Crippen LogP contribution in [0.15, 0.2) is 0 Å². The Kier molecular flexibility index (Phi) is 3.60. The summed E-state index contributed by atoms with van der Waals surface area (Å²) in [6.07, 6.45) is 0.426. The third kappa shape index (κ3) is 1.82. The molecular formula is C5H10ClFN2O. The van der Waals surface area contributed by atoms with Crippen molar-refractivity contribution in [1.29, 1.82) is 0 Å². The van der Waals surface area contributed by atoms with Gasteiger partial charge in [0.05, 0.1) is 12.1 Å². The number of hydrogen-bond donors (Lipinski definition) is 2. The van der Waals surface area contributed by atoms with Crippen molar-refractivity contribution in [2.75, 3.05) is 6.67 Å². The largest absolute Gasteiger partial charge is 0.349 e. The Morgan fingerprint density at radius 3 is 2.60 bits per heavy atom. The van der Waals surface area contributed by atoms with E-state index in [9.17, 15) is 9.18 Å². The zero-order chi connectivity index (χ0) is 6.85. The molecule has 1 aliphatic rings.